The molecule has 1 aromatic carbocycles. The predicted octanol–water partition coefficient (Wildman–Crippen LogP) is 2.32. The number of fused-ring (bicyclic) bond motifs is 1. The zero-order chi connectivity index (χ0) is 16.7. The lowest BCUT2D eigenvalue weighted by molar-refractivity contribution is -0.0190. The van der Waals surface area contributed by atoms with Crippen LogP contribution in [0.2, 0.25) is 0 Å². The number of hydrogen-bond donors (Lipinski definition) is 1. The van der Waals surface area contributed by atoms with Crippen molar-refractivity contribution in [3.8, 4) is 5.75 Å². The van der Waals surface area contributed by atoms with Crippen LogP contribution < -0.4 is 4.74 Å². The van der Waals surface area contributed by atoms with Crippen molar-refractivity contribution in [1.29, 1.82) is 0 Å². The first-order chi connectivity index (χ1) is 10.0. The molecule has 2 rings (SSSR count). The second-order valence-electron chi connectivity index (χ2n) is 6.32. The average Bonchev–Trinajstić information content (AvgIpc) is 2.83. The molecular formula is C15H20F2O4S. The maximum Gasteiger partial charge on any atom is 0.264 e. The highest BCUT2D eigenvalue weighted by Crippen LogP contribution is 2.42. The molecule has 0 aliphatic carbocycles. The normalized spacial score (nSPS) is 16.5. The Morgan fingerprint density at radius 2 is 2.00 bits per heavy atom. The van der Waals surface area contributed by atoms with E-state index in [1.54, 1.807) is 19.9 Å². The van der Waals surface area contributed by atoms with Gasteiger partial charge < -0.3 is 9.84 Å². The molecular weight excluding hydrogens is 314 g/mol. The molecule has 1 heterocycles. The van der Waals surface area contributed by atoms with Crippen LogP contribution in [0.1, 0.15) is 31.4 Å². The number of ether oxygens (including phenoxy) is 1. The topological polar surface area (TPSA) is 63.6 Å². The number of alkyl halides is 2. The van der Waals surface area contributed by atoms with Gasteiger partial charge in [-0.2, -0.15) is 0 Å². The van der Waals surface area contributed by atoms with Crippen molar-refractivity contribution in [1.82, 2.24) is 0 Å². The first kappa shape index (κ1) is 17.1. The Hall–Kier alpha value is -1.21. The Bertz CT molecular complexity index is 668. The molecule has 124 valence electrons. The molecule has 0 spiro atoms. The summed E-state index contributed by atoms with van der Waals surface area (Å²) in [5.41, 5.74) is 0.463. The summed E-state index contributed by atoms with van der Waals surface area (Å²) >= 11 is 0. The van der Waals surface area contributed by atoms with Gasteiger partial charge in [-0.05, 0) is 29.5 Å². The zero-order valence-corrected chi connectivity index (χ0v) is 13.6. The lowest BCUT2D eigenvalue weighted by atomic mass is 9.78. The highest BCUT2D eigenvalue weighted by atomic mass is 32.2. The minimum absolute atomic E-state index is 0.145. The molecule has 1 aliphatic rings. The number of aliphatic hydroxyl groups is 1. The number of aliphatic hydroxyl groups excluding tert-OH is 1. The van der Waals surface area contributed by atoms with Crippen LogP contribution in [0.3, 0.4) is 0 Å². The standard InChI is InChI=1S/C15H20F2O4S/c1-15(2,8-12(18)14(16)17)11-7-10(22(3,19)20)6-9-4-5-21-13(9)11/h6-7,12,14,18H,4-5,8H2,1-3H3. The molecule has 0 fully saturated rings. The van der Waals surface area contributed by atoms with E-state index < -0.39 is 27.8 Å². The Kier molecular flexibility index (Phi) is 4.50. The average molecular weight is 334 g/mol. The fraction of sp³-hybridized carbons (Fsp3) is 0.600. The van der Waals surface area contributed by atoms with Gasteiger partial charge in [-0.15, -0.1) is 0 Å². The maximum atomic E-state index is 12.6. The molecule has 7 heteroatoms. The zero-order valence-electron chi connectivity index (χ0n) is 12.8. The molecule has 1 unspecified atom stereocenters. The van der Waals surface area contributed by atoms with Crippen molar-refractivity contribution >= 4 is 9.84 Å². The molecule has 22 heavy (non-hydrogen) atoms. The monoisotopic (exact) mass is 334 g/mol. The summed E-state index contributed by atoms with van der Waals surface area (Å²) in [6, 6.07) is 3.04. The Morgan fingerprint density at radius 1 is 1.36 bits per heavy atom. The van der Waals surface area contributed by atoms with Gasteiger partial charge in [-0.3, -0.25) is 0 Å². The van der Waals surface area contributed by atoms with E-state index >= 15 is 0 Å². The molecule has 1 N–H and O–H groups in total. The minimum atomic E-state index is -3.42. The smallest absolute Gasteiger partial charge is 0.264 e. The van der Waals surface area contributed by atoms with Gasteiger partial charge in [-0.1, -0.05) is 13.8 Å². The lowest BCUT2D eigenvalue weighted by Gasteiger charge is -2.29. The molecule has 0 saturated carbocycles. The van der Waals surface area contributed by atoms with E-state index in [0.29, 0.717) is 24.3 Å². The summed E-state index contributed by atoms with van der Waals surface area (Å²) in [6.45, 7) is 3.83. The molecule has 0 radical (unpaired) electrons. The molecule has 0 saturated heterocycles. The van der Waals surface area contributed by atoms with Gasteiger partial charge >= 0.3 is 0 Å². The van der Waals surface area contributed by atoms with Crippen LogP contribution in [-0.2, 0) is 21.7 Å². The SMILES string of the molecule is CC(C)(CC(O)C(F)F)c1cc(S(C)(=O)=O)cc2c1OCC2. The van der Waals surface area contributed by atoms with Crippen molar-refractivity contribution in [3.05, 3.63) is 23.3 Å². The molecule has 0 bridgehead atoms. The Balaban J connectivity index is 2.52. The van der Waals surface area contributed by atoms with Crippen LogP contribution in [-0.4, -0.2) is 38.9 Å². The second kappa shape index (κ2) is 5.77. The van der Waals surface area contributed by atoms with Gasteiger partial charge in [0.15, 0.2) is 9.84 Å². The number of rotatable bonds is 5. The quantitative estimate of drug-likeness (QED) is 0.897. The van der Waals surface area contributed by atoms with E-state index in [-0.39, 0.29) is 11.3 Å². The van der Waals surface area contributed by atoms with E-state index in [1.165, 1.54) is 6.07 Å². The first-order valence-electron chi connectivity index (χ1n) is 6.99. The summed E-state index contributed by atoms with van der Waals surface area (Å²) in [5.74, 6) is 0.555. The molecule has 1 aromatic rings. The van der Waals surface area contributed by atoms with Gasteiger partial charge in [0.2, 0.25) is 0 Å². The minimum Gasteiger partial charge on any atom is -0.493 e. The van der Waals surface area contributed by atoms with Crippen LogP contribution in [0.4, 0.5) is 8.78 Å². The van der Waals surface area contributed by atoms with Crippen LogP contribution in [0.25, 0.3) is 0 Å². The number of halogens is 2. The van der Waals surface area contributed by atoms with Gasteiger partial charge in [0.25, 0.3) is 6.43 Å². The third kappa shape index (κ3) is 3.41. The number of benzene rings is 1. The van der Waals surface area contributed by atoms with E-state index in [9.17, 15) is 22.3 Å². The highest BCUT2D eigenvalue weighted by Gasteiger charge is 2.34. The molecule has 1 aliphatic heterocycles. The fourth-order valence-corrected chi connectivity index (χ4v) is 3.41. The predicted molar refractivity (Wildman–Crippen MR) is 78.4 cm³/mol. The molecule has 0 aromatic heterocycles. The van der Waals surface area contributed by atoms with Gasteiger partial charge in [-0.25, -0.2) is 17.2 Å². The third-order valence-corrected chi connectivity index (χ3v) is 5.02. The molecule has 0 amide bonds. The lowest BCUT2D eigenvalue weighted by Crippen LogP contribution is -2.29. The van der Waals surface area contributed by atoms with E-state index in [1.807, 2.05) is 0 Å². The largest absolute Gasteiger partial charge is 0.493 e. The summed E-state index contributed by atoms with van der Waals surface area (Å²) in [7, 11) is -3.42. The first-order valence-corrected chi connectivity index (χ1v) is 8.88. The molecule has 1 atom stereocenters. The van der Waals surface area contributed by atoms with Crippen molar-refractivity contribution in [2.24, 2.45) is 0 Å². The summed E-state index contributed by atoms with van der Waals surface area (Å²) in [4.78, 5) is 0.145. The molecule has 4 nitrogen and oxygen atoms in total. The van der Waals surface area contributed by atoms with Gasteiger partial charge in [0, 0.05) is 18.2 Å². The third-order valence-electron chi connectivity index (χ3n) is 3.92. The van der Waals surface area contributed by atoms with Crippen LogP contribution in [0, 0.1) is 0 Å². The van der Waals surface area contributed by atoms with Crippen LogP contribution in [0.5, 0.6) is 5.75 Å². The maximum absolute atomic E-state index is 12.6. The number of hydrogen-bond acceptors (Lipinski definition) is 4. The van der Waals surface area contributed by atoms with Gasteiger partial charge in [0.05, 0.1) is 11.5 Å². The van der Waals surface area contributed by atoms with E-state index in [4.69, 9.17) is 4.74 Å². The highest BCUT2D eigenvalue weighted by molar-refractivity contribution is 7.90. The van der Waals surface area contributed by atoms with Crippen molar-refractivity contribution in [2.75, 3.05) is 12.9 Å². The Labute approximate surface area is 129 Å². The fourth-order valence-electron chi connectivity index (χ4n) is 2.72. The van der Waals surface area contributed by atoms with Crippen LogP contribution in [0.15, 0.2) is 17.0 Å². The van der Waals surface area contributed by atoms with E-state index in [2.05, 4.69) is 0 Å². The second-order valence-corrected chi connectivity index (χ2v) is 8.34. The summed E-state index contributed by atoms with van der Waals surface area (Å²) in [5, 5.41) is 9.49. The van der Waals surface area contributed by atoms with Crippen molar-refractivity contribution < 1.29 is 27.0 Å². The Morgan fingerprint density at radius 3 is 2.55 bits per heavy atom. The van der Waals surface area contributed by atoms with Crippen molar-refractivity contribution in [2.45, 2.75) is 49.5 Å². The van der Waals surface area contributed by atoms with Crippen molar-refractivity contribution in [3.63, 3.8) is 0 Å². The van der Waals surface area contributed by atoms with Gasteiger partial charge in [0.1, 0.15) is 11.9 Å². The summed E-state index contributed by atoms with van der Waals surface area (Å²) < 4.78 is 54.5. The summed E-state index contributed by atoms with van der Waals surface area (Å²) in [6.07, 6.45) is -3.11. The number of sulfone groups is 1. The van der Waals surface area contributed by atoms with E-state index in [0.717, 1.165) is 11.8 Å². The van der Waals surface area contributed by atoms with Crippen LogP contribution >= 0.6 is 0 Å².